The summed E-state index contributed by atoms with van der Waals surface area (Å²) in [5.41, 5.74) is 1.45. The van der Waals surface area contributed by atoms with Crippen molar-refractivity contribution in [1.29, 1.82) is 0 Å². The number of rotatable bonds is 5. The number of hydrogen-bond donors (Lipinski definition) is 1. The van der Waals surface area contributed by atoms with Crippen molar-refractivity contribution in [2.45, 2.75) is 19.4 Å². The lowest BCUT2D eigenvalue weighted by atomic mass is 10.0. The number of hydrogen-bond acceptors (Lipinski definition) is 2. The van der Waals surface area contributed by atoms with E-state index in [4.69, 9.17) is 27.9 Å². The Kier molecular flexibility index (Phi) is 5.94. The van der Waals surface area contributed by atoms with E-state index in [1.807, 2.05) is 18.2 Å². The zero-order chi connectivity index (χ0) is 15.4. The first kappa shape index (κ1) is 16.6. The van der Waals surface area contributed by atoms with Gasteiger partial charge in [0, 0.05) is 0 Å². The van der Waals surface area contributed by atoms with Gasteiger partial charge in [0.05, 0.1) is 21.1 Å². The molecule has 0 spiro atoms. The molecule has 0 saturated heterocycles. The smallest absolute Gasteiger partial charge is 0.133 e. The van der Waals surface area contributed by atoms with Gasteiger partial charge in [-0.05, 0) is 57.7 Å². The van der Waals surface area contributed by atoms with Crippen LogP contribution < -0.4 is 4.74 Å². The van der Waals surface area contributed by atoms with E-state index in [0.717, 1.165) is 22.2 Å². The van der Waals surface area contributed by atoms with E-state index in [0.29, 0.717) is 22.2 Å². The molecule has 2 rings (SSSR count). The molecule has 0 radical (unpaired) electrons. The second-order valence-corrected chi connectivity index (χ2v) is 6.28. The zero-order valence-electron chi connectivity index (χ0n) is 11.4. The lowest BCUT2D eigenvalue weighted by molar-refractivity contribution is 0.220. The van der Waals surface area contributed by atoms with Gasteiger partial charge < -0.3 is 9.84 Å². The Balaban J connectivity index is 2.24. The van der Waals surface area contributed by atoms with Gasteiger partial charge in [0.2, 0.25) is 0 Å². The van der Waals surface area contributed by atoms with Gasteiger partial charge in [0.1, 0.15) is 11.9 Å². The molecule has 0 amide bonds. The maximum absolute atomic E-state index is 10.4. The van der Waals surface area contributed by atoms with Crippen molar-refractivity contribution in [2.24, 2.45) is 0 Å². The molecular weight excluding hydrogens is 375 g/mol. The van der Waals surface area contributed by atoms with Gasteiger partial charge in [-0.1, -0.05) is 42.3 Å². The van der Waals surface area contributed by atoms with Gasteiger partial charge >= 0.3 is 0 Å². The molecule has 5 heteroatoms. The van der Waals surface area contributed by atoms with Crippen LogP contribution in [0.3, 0.4) is 0 Å². The fraction of sp³-hybridized carbons (Fsp3) is 0.250. The second-order valence-electron chi connectivity index (χ2n) is 4.61. The molecule has 2 aromatic carbocycles. The maximum Gasteiger partial charge on any atom is 0.133 e. The number of benzene rings is 2. The summed E-state index contributed by atoms with van der Waals surface area (Å²) in [4.78, 5) is 0. The van der Waals surface area contributed by atoms with Crippen LogP contribution in [0.25, 0.3) is 0 Å². The maximum atomic E-state index is 10.4. The minimum atomic E-state index is -0.767. The van der Waals surface area contributed by atoms with Crippen molar-refractivity contribution in [3.8, 4) is 5.75 Å². The monoisotopic (exact) mass is 388 g/mol. The molecular formula is C16H15BrCl2O2. The molecule has 112 valence electrons. The molecule has 1 N–H and O–H groups in total. The molecule has 0 aliphatic heterocycles. The number of aliphatic hydroxyl groups excluding tert-OH is 1. The summed E-state index contributed by atoms with van der Waals surface area (Å²) in [6.07, 6.45) is 0.177. The SMILES string of the molecule is CCCOc1ccc(C(O)c2ccc(Cl)c(Cl)c2)cc1Br. The van der Waals surface area contributed by atoms with E-state index in [1.165, 1.54) is 0 Å². The Bertz CT molecular complexity index is 632. The second kappa shape index (κ2) is 7.50. The van der Waals surface area contributed by atoms with Crippen molar-refractivity contribution >= 4 is 39.1 Å². The minimum absolute atomic E-state index is 0.426. The molecule has 2 aromatic rings. The van der Waals surface area contributed by atoms with E-state index in [9.17, 15) is 5.11 Å². The van der Waals surface area contributed by atoms with Gasteiger partial charge in [-0.25, -0.2) is 0 Å². The highest BCUT2D eigenvalue weighted by Crippen LogP contribution is 2.33. The molecule has 0 fully saturated rings. The molecule has 0 heterocycles. The predicted octanol–water partition coefficient (Wildman–Crippen LogP) is 5.63. The average Bonchev–Trinajstić information content (AvgIpc) is 2.48. The molecule has 0 bridgehead atoms. The standard InChI is InChI=1S/C16H15BrCl2O2/c1-2-7-21-15-6-4-10(8-12(15)17)16(20)11-3-5-13(18)14(19)9-11/h3-6,8-9,16,20H,2,7H2,1H3. The van der Waals surface area contributed by atoms with Crippen molar-refractivity contribution in [1.82, 2.24) is 0 Å². The van der Waals surface area contributed by atoms with Crippen molar-refractivity contribution in [3.05, 3.63) is 62.0 Å². The Morgan fingerprint density at radius 1 is 1.10 bits per heavy atom. The van der Waals surface area contributed by atoms with Crippen LogP contribution in [-0.4, -0.2) is 11.7 Å². The van der Waals surface area contributed by atoms with E-state index in [2.05, 4.69) is 22.9 Å². The fourth-order valence-electron chi connectivity index (χ4n) is 1.89. The summed E-state index contributed by atoms with van der Waals surface area (Å²) < 4.78 is 6.41. The summed E-state index contributed by atoms with van der Waals surface area (Å²) in [6.45, 7) is 2.71. The van der Waals surface area contributed by atoms with E-state index >= 15 is 0 Å². The summed E-state index contributed by atoms with van der Waals surface area (Å²) in [5, 5.41) is 11.3. The molecule has 1 atom stereocenters. The van der Waals surface area contributed by atoms with E-state index < -0.39 is 6.10 Å². The lowest BCUT2D eigenvalue weighted by Crippen LogP contribution is -2.01. The van der Waals surface area contributed by atoms with Crippen LogP contribution in [0.2, 0.25) is 10.0 Å². The number of ether oxygens (including phenoxy) is 1. The Labute approximate surface area is 142 Å². The summed E-state index contributed by atoms with van der Waals surface area (Å²) in [7, 11) is 0. The molecule has 0 aliphatic carbocycles. The highest BCUT2D eigenvalue weighted by Gasteiger charge is 2.14. The highest BCUT2D eigenvalue weighted by atomic mass is 79.9. The van der Waals surface area contributed by atoms with Crippen LogP contribution in [-0.2, 0) is 0 Å². The van der Waals surface area contributed by atoms with E-state index in [1.54, 1.807) is 18.2 Å². The van der Waals surface area contributed by atoms with Crippen LogP contribution in [0, 0.1) is 0 Å². The van der Waals surface area contributed by atoms with Gasteiger partial charge in [-0.3, -0.25) is 0 Å². The van der Waals surface area contributed by atoms with Gasteiger partial charge in [0.25, 0.3) is 0 Å². The highest BCUT2D eigenvalue weighted by molar-refractivity contribution is 9.10. The first-order valence-corrected chi connectivity index (χ1v) is 8.13. The van der Waals surface area contributed by atoms with Crippen molar-refractivity contribution < 1.29 is 9.84 Å². The lowest BCUT2D eigenvalue weighted by Gasteiger charge is -2.14. The van der Waals surface area contributed by atoms with Crippen LogP contribution >= 0.6 is 39.1 Å². The van der Waals surface area contributed by atoms with Crippen LogP contribution in [0.15, 0.2) is 40.9 Å². The summed E-state index contributed by atoms with van der Waals surface area (Å²) >= 11 is 15.3. The Morgan fingerprint density at radius 3 is 2.38 bits per heavy atom. The third kappa shape index (κ3) is 4.13. The predicted molar refractivity (Wildman–Crippen MR) is 90.5 cm³/mol. The first-order chi connectivity index (χ1) is 10.0. The van der Waals surface area contributed by atoms with Crippen molar-refractivity contribution in [3.63, 3.8) is 0 Å². The third-order valence-corrected chi connectivity index (χ3v) is 4.35. The van der Waals surface area contributed by atoms with E-state index in [-0.39, 0.29) is 0 Å². The molecule has 0 aromatic heterocycles. The fourth-order valence-corrected chi connectivity index (χ4v) is 2.71. The van der Waals surface area contributed by atoms with Crippen molar-refractivity contribution in [2.75, 3.05) is 6.61 Å². The minimum Gasteiger partial charge on any atom is -0.492 e. The van der Waals surface area contributed by atoms with Crippen LogP contribution in [0.4, 0.5) is 0 Å². The molecule has 1 unspecified atom stereocenters. The topological polar surface area (TPSA) is 29.5 Å². The molecule has 2 nitrogen and oxygen atoms in total. The Morgan fingerprint density at radius 2 is 1.76 bits per heavy atom. The van der Waals surface area contributed by atoms with Gasteiger partial charge in [-0.2, -0.15) is 0 Å². The quantitative estimate of drug-likeness (QED) is 0.718. The Hall–Kier alpha value is -0.740. The number of aliphatic hydroxyl groups is 1. The van der Waals surface area contributed by atoms with Gasteiger partial charge in [0.15, 0.2) is 0 Å². The zero-order valence-corrected chi connectivity index (χ0v) is 14.5. The molecule has 21 heavy (non-hydrogen) atoms. The first-order valence-electron chi connectivity index (χ1n) is 6.58. The molecule has 0 saturated carbocycles. The third-order valence-electron chi connectivity index (χ3n) is 2.99. The van der Waals surface area contributed by atoms with Crippen LogP contribution in [0.5, 0.6) is 5.75 Å². The summed E-state index contributed by atoms with van der Waals surface area (Å²) in [5.74, 6) is 0.766. The van der Waals surface area contributed by atoms with Gasteiger partial charge in [-0.15, -0.1) is 0 Å². The average molecular weight is 390 g/mol. The summed E-state index contributed by atoms with van der Waals surface area (Å²) in [6, 6.07) is 10.6. The normalized spacial score (nSPS) is 12.2. The van der Waals surface area contributed by atoms with Crippen LogP contribution in [0.1, 0.15) is 30.6 Å². The molecule has 0 aliphatic rings. The largest absolute Gasteiger partial charge is 0.492 e. The number of halogens is 3.